The zero-order valence-corrected chi connectivity index (χ0v) is 11.0. The second kappa shape index (κ2) is 6.02. The Morgan fingerprint density at radius 2 is 2.12 bits per heavy atom. The van der Waals surface area contributed by atoms with Gasteiger partial charge in [0, 0.05) is 13.1 Å². The van der Waals surface area contributed by atoms with Gasteiger partial charge in [0.15, 0.2) is 0 Å². The summed E-state index contributed by atoms with van der Waals surface area (Å²) in [4.78, 5) is 2.59. The molecule has 0 bridgehead atoms. The van der Waals surface area contributed by atoms with Gasteiger partial charge >= 0.3 is 0 Å². The standard InChI is InChI=1S/C16H23N/c1-3-15-9-10-17(13-15)12-14(2)11-16-7-5-4-6-8-16/h4-8,11,15H,3,9-10,12-13H2,1-2H3/b14-11+. The molecule has 17 heavy (non-hydrogen) atoms. The molecule has 2 rings (SSSR count). The Morgan fingerprint density at radius 1 is 1.35 bits per heavy atom. The molecule has 1 aromatic rings. The minimum atomic E-state index is 0.930. The van der Waals surface area contributed by atoms with Gasteiger partial charge in [-0.25, -0.2) is 0 Å². The van der Waals surface area contributed by atoms with Crippen molar-refractivity contribution < 1.29 is 0 Å². The highest BCUT2D eigenvalue weighted by Crippen LogP contribution is 2.20. The zero-order chi connectivity index (χ0) is 12.1. The first-order chi connectivity index (χ1) is 8.28. The predicted molar refractivity (Wildman–Crippen MR) is 74.9 cm³/mol. The first kappa shape index (κ1) is 12.4. The molecule has 0 aliphatic carbocycles. The van der Waals surface area contributed by atoms with Crippen LogP contribution >= 0.6 is 0 Å². The van der Waals surface area contributed by atoms with E-state index < -0.39 is 0 Å². The molecular weight excluding hydrogens is 206 g/mol. The van der Waals surface area contributed by atoms with Gasteiger partial charge in [0.05, 0.1) is 0 Å². The maximum absolute atomic E-state index is 2.59. The van der Waals surface area contributed by atoms with Crippen LogP contribution < -0.4 is 0 Å². The fourth-order valence-corrected chi connectivity index (χ4v) is 2.62. The van der Waals surface area contributed by atoms with Gasteiger partial charge in [-0.1, -0.05) is 55.3 Å². The molecule has 0 spiro atoms. The molecule has 1 atom stereocenters. The lowest BCUT2D eigenvalue weighted by molar-refractivity contribution is 0.350. The normalized spacial score (nSPS) is 22.0. The molecule has 1 heterocycles. The van der Waals surface area contributed by atoms with Gasteiger partial charge in [0.2, 0.25) is 0 Å². The molecular formula is C16H23N. The summed E-state index contributed by atoms with van der Waals surface area (Å²) in [5, 5.41) is 0. The Kier molecular flexibility index (Phi) is 4.38. The predicted octanol–water partition coefficient (Wildman–Crippen LogP) is 3.82. The zero-order valence-electron chi connectivity index (χ0n) is 11.0. The number of nitrogens with zero attached hydrogens (tertiary/aromatic N) is 1. The van der Waals surface area contributed by atoms with Crippen molar-refractivity contribution in [3.8, 4) is 0 Å². The Labute approximate surface area is 105 Å². The summed E-state index contributed by atoms with van der Waals surface area (Å²) in [6.07, 6.45) is 5.02. The molecule has 0 aromatic heterocycles. The van der Waals surface area contributed by atoms with Crippen LogP contribution in [0.5, 0.6) is 0 Å². The van der Waals surface area contributed by atoms with E-state index in [4.69, 9.17) is 0 Å². The summed E-state index contributed by atoms with van der Waals surface area (Å²) in [5.41, 5.74) is 2.78. The molecule has 0 radical (unpaired) electrons. The van der Waals surface area contributed by atoms with Gasteiger partial charge in [0.25, 0.3) is 0 Å². The number of likely N-dealkylation sites (tertiary alicyclic amines) is 1. The molecule has 1 nitrogen and oxygen atoms in total. The number of hydrogen-bond donors (Lipinski definition) is 0. The van der Waals surface area contributed by atoms with Crippen LogP contribution in [-0.4, -0.2) is 24.5 Å². The molecule has 1 aliphatic rings. The quantitative estimate of drug-likeness (QED) is 0.758. The summed E-state index contributed by atoms with van der Waals surface area (Å²) in [7, 11) is 0. The topological polar surface area (TPSA) is 3.24 Å². The van der Waals surface area contributed by atoms with E-state index in [1.807, 2.05) is 0 Å². The van der Waals surface area contributed by atoms with Crippen molar-refractivity contribution >= 4 is 6.08 Å². The molecule has 1 saturated heterocycles. The van der Waals surface area contributed by atoms with E-state index in [0.717, 1.165) is 12.5 Å². The van der Waals surface area contributed by atoms with E-state index in [1.165, 1.54) is 37.1 Å². The summed E-state index contributed by atoms with van der Waals surface area (Å²) < 4.78 is 0. The van der Waals surface area contributed by atoms with Crippen LogP contribution in [-0.2, 0) is 0 Å². The van der Waals surface area contributed by atoms with Gasteiger partial charge in [-0.2, -0.15) is 0 Å². The van der Waals surface area contributed by atoms with Crippen LogP contribution in [0.4, 0.5) is 0 Å². The average molecular weight is 229 g/mol. The van der Waals surface area contributed by atoms with Gasteiger partial charge < -0.3 is 0 Å². The van der Waals surface area contributed by atoms with E-state index in [-0.39, 0.29) is 0 Å². The van der Waals surface area contributed by atoms with Crippen molar-refractivity contribution in [3.05, 3.63) is 41.5 Å². The van der Waals surface area contributed by atoms with E-state index in [9.17, 15) is 0 Å². The van der Waals surface area contributed by atoms with Crippen molar-refractivity contribution in [2.45, 2.75) is 26.7 Å². The van der Waals surface area contributed by atoms with Crippen molar-refractivity contribution in [1.82, 2.24) is 4.90 Å². The minimum absolute atomic E-state index is 0.930. The minimum Gasteiger partial charge on any atom is -0.299 e. The van der Waals surface area contributed by atoms with Crippen LogP contribution in [0.3, 0.4) is 0 Å². The highest BCUT2D eigenvalue weighted by Gasteiger charge is 2.20. The lowest BCUT2D eigenvalue weighted by atomic mass is 10.1. The van der Waals surface area contributed by atoms with Gasteiger partial charge in [-0.3, -0.25) is 4.90 Å². The highest BCUT2D eigenvalue weighted by molar-refractivity contribution is 5.52. The third-order valence-electron chi connectivity index (χ3n) is 3.63. The second-order valence-corrected chi connectivity index (χ2v) is 5.20. The van der Waals surface area contributed by atoms with Crippen LogP contribution in [0, 0.1) is 5.92 Å². The first-order valence-electron chi connectivity index (χ1n) is 6.72. The summed E-state index contributed by atoms with van der Waals surface area (Å²) >= 11 is 0. The van der Waals surface area contributed by atoms with Crippen molar-refractivity contribution in [2.24, 2.45) is 5.92 Å². The van der Waals surface area contributed by atoms with E-state index in [1.54, 1.807) is 0 Å². The second-order valence-electron chi connectivity index (χ2n) is 5.20. The highest BCUT2D eigenvalue weighted by atomic mass is 15.1. The van der Waals surface area contributed by atoms with E-state index >= 15 is 0 Å². The van der Waals surface area contributed by atoms with Gasteiger partial charge in [-0.15, -0.1) is 0 Å². The fraction of sp³-hybridized carbons (Fsp3) is 0.500. The van der Waals surface area contributed by atoms with E-state index in [2.05, 4.69) is 55.2 Å². The number of rotatable bonds is 4. The third kappa shape index (κ3) is 3.71. The Morgan fingerprint density at radius 3 is 2.76 bits per heavy atom. The molecule has 1 fully saturated rings. The largest absolute Gasteiger partial charge is 0.299 e. The molecule has 1 heteroatoms. The molecule has 0 N–H and O–H groups in total. The Hall–Kier alpha value is -1.08. The first-order valence-corrected chi connectivity index (χ1v) is 6.72. The van der Waals surface area contributed by atoms with Crippen LogP contribution in [0.2, 0.25) is 0 Å². The molecule has 92 valence electrons. The molecule has 1 aromatic carbocycles. The van der Waals surface area contributed by atoms with Crippen LogP contribution in [0.15, 0.2) is 35.9 Å². The van der Waals surface area contributed by atoms with Crippen molar-refractivity contribution in [1.29, 1.82) is 0 Å². The monoisotopic (exact) mass is 229 g/mol. The van der Waals surface area contributed by atoms with Gasteiger partial charge in [-0.05, 0) is 31.4 Å². The van der Waals surface area contributed by atoms with E-state index in [0.29, 0.717) is 0 Å². The molecule has 0 amide bonds. The average Bonchev–Trinajstić information content (AvgIpc) is 2.78. The molecule has 0 saturated carbocycles. The van der Waals surface area contributed by atoms with Crippen LogP contribution in [0.25, 0.3) is 6.08 Å². The number of benzene rings is 1. The Bertz CT molecular complexity index is 366. The SMILES string of the molecule is CCC1CCN(C/C(C)=C/c2ccccc2)C1. The summed E-state index contributed by atoms with van der Waals surface area (Å²) in [6, 6.07) is 10.6. The molecule has 1 aliphatic heterocycles. The molecule has 1 unspecified atom stereocenters. The third-order valence-corrected chi connectivity index (χ3v) is 3.63. The summed E-state index contributed by atoms with van der Waals surface area (Å²) in [5.74, 6) is 0.930. The van der Waals surface area contributed by atoms with Crippen molar-refractivity contribution in [3.63, 3.8) is 0 Å². The maximum atomic E-state index is 2.59. The van der Waals surface area contributed by atoms with Gasteiger partial charge in [0.1, 0.15) is 0 Å². The lowest BCUT2D eigenvalue weighted by Crippen LogP contribution is -2.22. The lowest BCUT2D eigenvalue weighted by Gasteiger charge is -2.16. The number of hydrogen-bond acceptors (Lipinski definition) is 1. The van der Waals surface area contributed by atoms with Crippen LogP contribution in [0.1, 0.15) is 32.3 Å². The summed E-state index contributed by atoms with van der Waals surface area (Å²) in [6.45, 7) is 8.24. The van der Waals surface area contributed by atoms with Crippen molar-refractivity contribution in [2.75, 3.05) is 19.6 Å². The maximum Gasteiger partial charge on any atom is 0.0193 e. The fourth-order valence-electron chi connectivity index (χ4n) is 2.62. The smallest absolute Gasteiger partial charge is 0.0193 e. The Balaban J connectivity index is 1.89.